The van der Waals surface area contributed by atoms with Crippen LogP contribution >= 0.6 is 12.2 Å². The predicted octanol–water partition coefficient (Wildman–Crippen LogP) is 2.33. The Balaban J connectivity index is 2.11. The number of sulfonamides is 1. The second-order valence-corrected chi connectivity index (χ2v) is 8.06. The Labute approximate surface area is 132 Å². The van der Waals surface area contributed by atoms with Gasteiger partial charge in [0.15, 0.2) is 0 Å². The van der Waals surface area contributed by atoms with E-state index in [-0.39, 0.29) is 0 Å². The van der Waals surface area contributed by atoms with Crippen molar-refractivity contribution in [2.45, 2.75) is 37.5 Å². The van der Waals surface area contributed by atoms with Crippen LogP contribution in [0, 0.1) is 5.92 Å². The molecule has 1 aromatic rings. The Morgan fingerprint density at radius 2 is 2.05 bits per heavy atom. The highest BCUT2D eigenvalue weighted by Crippen LogP contribution is 2.27. The average Bonchev–Trinajstić information content (AvgIpc) is 2.88. The zero-order valence-corrected chi connectivity index (χ0v) is 13.9. The molecule has 1 fully saturated rings. The van der Waals surface area contributed by atoms with Gasteiger partial charge in [-0.05, 0) is 36.5 Å². The van der Waals surface area contributed by atoms with Crippen molar-refractivity contribution >= 4 is 27.2 Å². The first kappa shape index (κ1) is 16.4. The lowest BCUT2D eigenvalue weighted by molar-refractivity contribution is 0.444. The van der Waals surface area contributed by atoms with Gasteiger partial charge in [0.1, 0.15) is 0 Å². The maximum atomic E-state index is 12.6. The summed E-state index contributed by atoms with van der Waals surface area (Å²) < 4.78 is 26.8. The third-order valence-corrected chi connectivity index (χ3v) is 5.91. The van der Waals surface area contributed by atoms with Gasteiger partial charge in [0.25, 0.3) is 0 Å². The van der Waals surface area contributed by atoms with Gasteiger partial charge in [0, 0.05) is 19.5 Å². The van der Waals surface area contributed by atoms with E-state index in [0.717, 1.165) is 24.8 Å². The van der Waals surface area contributed by atoms with Gasteiger partial charge in [0.05, 0.1) is 9.88 Å². The maximum Gasteiger partial charge on any atom is 0.243 e. The van der Waals surface area contributed by atoms with Crippen LogP contribution in [0.4, 0.5) is 0 Å². The van der Waals surface area contributed by atoms with Gasteiger partial charge in [0.2, 0.25) is 10.0 Å². The molecular weight excluding hydrogens is 304 g/mol. The fourth-order valence-corrected chi connectivity index (χ4v) is 4.49. The van der Waals surface area contributed by atoms with Gasteiger partial charge in [-0.25, -0.2) is 8.42 Å². The highest BCUT2D eigenvalue weighted by molar-refractivity contribution is 7.89. The lowest BCUT2D eigenvalue weighted by atomic mass is 10.0. The number of hydrogen-bond acceptors (Lipinski definition) is 3. The zero-order valence-electron chi connectivity index (χ0n) is 12.3. The van der Waals surface area contributed by atoms with Crippen LogP contribution in [0.2, 0.25) is 0 Å². The minimum absolute atomic E-state index is 0.353. The number of rotatable bonds is 6. The summed E-state index contributed by atoms with van der Waals surface area (Å²) in [4.78, 5) is 0.763. The van der Waals surface area contributed by atoms with E-state index in [1.165, 1.54) is 0 Å². The summed E-state index contributed by atoms with van der Waals surface area (Å²) in [6.45, 7) is 3.41. The third-order valence-electron chi connectivity index (χ3n) is 3.88. The van der Waals surface area contributed by atoms with Crippen LogP contribution in [-0.2, 0) is 16.4 Å². The van der Waals surface area contributed by atoms with E-state index in [9.17, 15) is 8.42 Å². The molecule has 1 unspecified atom stereocenters. The van der Waals surface area contributed by atoms with Crippen molar-refractivity contribution in [2.75, 3.05) is 13.1 Å². The molecule has 0 radical (unpaired) electrons. The number of hydrogen-bond donors (Lipinski definition) is 1. The first-order valence-corrected chi connectivity index (χ1v) is 9.15. The van der Waals surface area contributed by atoms with Crippen molar-refractivity contribution in [3.05, 3.63) is 29.8 Å². The van der Waals surface area contributed by atoms with Gasteiger partial charge in [-0.3, -0.25) is 0 Å². The monoisotopic (exact) mass is 326 g/mol. The van der Waals surface area contributed by atoms with Crippen molar-refractivity contribution in [2.24, 2.45) is 11.7 Å². The number of thiocarbonyl (C=S) groups is 1. The van der Waals surface area contributed by atoms with Gasteiger partial charge < -0.3 is 5.73 Å². The summed E-state index contributed by atoms with van der Waals surface area (Å²) in [6.07, 6.45) is 3.66. The molecule has 0 spiro atoms. The van der Waals surface area contributed by atoms with E-state index in [1.54, 1.807) is 28.6 Å². The largest absolute Gasteiger partial charge is 0.393 e. The molecule has 0 aromatic heterocycles. The molecule has 2 N–H and O–H groups in total. The van der Waals surface area contributed by atoms with Gasteiger partial charge >= 0.3 is 0 Å². The molecule has 1 aliphatic rings. The van der Waals surface area contributed by atoms with Gasteiger partial charge in [-0.1, -0.05) is 37.7 Å². The maximum absolute atomic E-state index is 12.6. The quantitative estimate of drug-likeness (QED) is 0.815. The molecule has 0 saturated carbocycles. The SMILES string of the molecule is CCCC1CCN(S(=O)(=O)c2ccc(CC(N)=S)cc2)C1. The van der Waals surface area contributed by atoms with Crippen molar-refractivity contribution in [3.8, 4) is 0 Å². The van der Waals surface area contributed by atoms with Crippen molar-refractivity contribution in [1.82, 2.24) is 4.31 Å². The molecule has 4 nitrogen and oxygen atoms in total. The summed E-state index contributed by atoms with van der Waals surface area (Å²) >= 11 is 4.86. The predicted molar refractivity (Wildman–Crippen MR) is 88.7 cm³/mol. The third kappa shape index (κ3) is 4.02. The molecule has 2 rings (SSSR count). The highest BCUT2D eigenvalue weighted by Gasteiger charge is 2.31. The van der Waals surface area contributed by atoms with E-state index in [4.69, 9.17) is 18.0 Å². The summed E-state index contributed by atoms with van der Waals surface area (Å²) in [7, 11) is -3.37. The molecule has 116 valence electrons. The van der Waals surface area contributed by atoms with Crippen molar-refractivity contribution in [1.29, 1.82) is 0 Å². The molecule has 21 heavy (non-hydrogen) atoms. The number of benzene rings is 1. The van der Waals surface area contributed by atoms with Crippen LogP contribution in [-0.4, -0.2) is 30.8 Å². The van der Waals surface area contributed by atoms with E-state index in [1.807, 2.05) is 0 Å². The Hall–Kier alpha value is -0.980. The summed E-state index contributed by atoms with van der Waals surface area (Å²) in [6, 6.07) is 6.86. The molecule has 6 heteroatoms. The number of nitrogens with two attached hydrogens (primary N) is 1. The lowest BCUT2D eigenvalue weighted by Crippen LogP contribution is -2.28. The Bertz CT molecular complexity index is 597. The normalized spacial score (nSPS) is 19.8. The second-order valence-electron chi connectivity index (χ2n) is 5.59. The summed E-state index contributed by atoms with van der Waals surface area (Å²) in [5.74, 6) is 0.499. The summed E-state index contributed by atoms with van der Waals surface area (Å²) in [5.41, 5.74) is 6.43. The average molecular weight is 326 g/mol. The minimum Gasteiger partial charge on any atom is -0.393 e. The molecule has 0 bridgehead atoms. The van der Waals surface area contributed by atoms with E-state index in [0.29, 0.717) is 35.3 Å². The standard InChI is InChI=1S/C15H22N2O2S2/c1-2-3-13-8-9-17(11-13)21(18,19)14-6-4-12(5-7-14)10-15(16)20/h4-7,13H,2-3,8-11H2,1H3,(H2,16,20). The highest BCUT2D eigenvalue weighted by atomic mass is 32.2. The molecular formula is C15H22N2O2S2. The smallest absolute Gasteiger partial charge is 0.243 e. The van der Waals surface area contributed by atoms with Crippen molar-refractivity contribution in [3.63, 3.8) is 0 Å². The summed E-state index contributed by atoms with van der Waals surface area (Å²) in [5, 5.41) is 0. The van der Waals surface area contributed by atoms with E-state index < -0.39 is 10.0 Å². The molecule has 0 amide bonds. The molecule has 1 aliphatic heterocycles. The molecule has 1 atom stereocenters. The van der Waals surface area contributed by atoms with Crippen LogP contribution in [0.1, 0.15) is 31.7 Å². The molecule has 1 saturated heterocycles. The Morgan fingerprint density at radius 1 is 1.38 bits per heavy atom. The zero-order chi connectivity index (χ0) is 15.5. The first-order chi connectivity index (χ1) is 9.93. The van der Waals surface area contributed by atoms with Crippen LogP contribution in [0.25, 0.3) is 0 Å². The van der Waals surface area contributed by atoms with Gasteiger partial charge in [-0.2, -0.15) is 4.31 Å². The van der Waals surface area contributed by atoms with Crippen LogP contribution in [0.5, 0.6) is 0 Å². The molecule has 1 heterocycles. The van der Waals surface area contributed by atoms with Crippen molar-refractivity contribution < 1.29 is 8.42 Å². The number of nitrogens with zero attached hydrogens (tertiary/aromatic N) is 1. The van der Waals surface area contributed by atoms with Crippen LogP contribution in [0.15, 0.2) is 29.2 Å². The topological polar surface area (TPSA) is 63.4 Å². The fraction of sp³-hybridized carbons (Fsp3) is 0.533. The lowest BCUT2D eigenvalue weighted by Gasteiger charge is -2.16. The molecule has 1 aromatic carbocycles. The fourth-order valence-electron chi connectivity index (χ4n) is 2.79. The van der Waals surface area contributed by atoms with E-state index in [2.05, 4.69) is 6.92 Å². The van der Waals surface area contributed by atoms with Crippen LogP contribution in [0.3, 0.4) is 0 Å². The van der Waals surface area contributed by atoms with E-state index >= 15 is 0 Å². The van der Waals surface area contributed by atoms with Gasteiger partial charge in [-0.15, -0.1) is 0 Å². The second kappa shape index (κ2) is 6.85. The van der Waals surface area contributed by atoms with Crippen LogP contribution < -0.4 is 5.73 Å². The molecule has 0 aliphatic carbocycles. The Kier molecular flexibility index (Phi) is 5.35. The Morgan fingerprint density at radius 3 is 2.62 bits per heavy atom. The minimum atomic E-state index is -3.37. The first-order valence-electron chi connectivity index (χ1n) is 7.31.